The van der Waals surface area contributed by atoms with E-state index >= 15 is 0 Å². The zero-order chi connectivity index (χ0) is 51.5. The summed E-state index contributed by atoms with van der Waals surface area (Å²) in [5, 5.41) is 7.90. The molecule has 0 aromatic heterocycles. The molecule has 6 amide bonds. The monoisotopic (exact) mass is 996 g/mol. The highest BCUT2D eigenvalue weighted by atomic mass is 16.5. The van der Waals surface area contributed by atoms with Crippen LogP contribution in [0, 0.1) is 47.4 Å². The second-order valence-corrected chi connectivity index (χ2v) is 17.2. The van der Waals surface area contributed by atoms with Gasteiger partial charge in [0.25, 0.3) is 11.8 Å². The van der Waals surface area contributed by atoms with E-state index in [0.29, 0.717) is 29.1 Å². The zero-order valence-electron chi connectivity index (χ0n) is 40.4. The summed E-state index contributed by atoms with van der Waals surface area (Å²) >= 11 is 0. The molecule has 0 saturated carbocycles. The van der Waals surface area contributed by atoms with Crippen molar-refractivity contribution in [2.75, 3.05) is 71.3 Å². The highest BCUT2D eigenvalue weighted by Gasteiger charge is 2.57. The molecule has 1 fully saturated rings. The lowest BCUT2D eigenvalue weighted by molar-refractivity contribution is -0.143. The Morgan fingerprint density at radius 1 is 0.730 bits per heavy atom. The molecule has 4 aliphatic rings. The molecule has 8 rings (SSSR count). The van der Waals surface area contributed by atoms with Crippen molar-refractivity contribution < 1.29 is 52.5 Å². The number of rotatable bonds is 19. The summed E-state index contributed by atoms with van der Waals surface area (Å²) in [6.07, 6.45) is -0.00598. The van der Waals surface area contributed by atoms with Gasteiger partial charge in [-0.2, -0.15) is 0 Å². The van der Waals surface area contributed by atoms with Gasteiger partial charge in [0.05, 0.1) is 26.4 Å². The van der Waals surface area contributed by atoms with Crippen LogP contribution in [0.2, 0.25) is 0 Å². The van der Waals surface area contributed by atoms with Crippen molar-refractivity contribution >= 4 is 47.0 Å². The molecule has 1 unspecified atom stereocenters. The molecule has 1 saturated heterocycles. The summed E-state index contributed by atoms with van der Waals surface area (Å²) in [6.45, 7) is 1.31. The van der Waals surface area contributed by atoms with E-state index in [-0.39, 0.29) is 116 Å². The van der Waals surface area contributed by atoms with Gasteiger partial charge >= 0.3 is 0 Å². The molecular formula is C57H52N6O11. The SMILES string of the molecule is O=C(CN1Cc2ccccc2[C@@H]2OC(c3ccccc3)=N[C@]2(Cc2ccccc2)C1=O)NCCOCCOCC#CC#CCOCC#CC#CCOCC(=O)Nc1cccc2c1CN(C1CCC(=O)NC1=O)C2=O. The van der Waals surface area contributed by atoms with Gasteiger partial charge < -0.3 is 44.1 Å². The Morgan fingerprint density at radius 2 is 1.41 bits per heavy atom. The Balaban J connectivity index is 0.671. The molecule has 0 radical (unpaired) electrons. The first-order valence-electron chi connectivity index (χ1n) is 24.0. The number of hydrogen-bond donors (Lipinski definition) is 3. The van der Waals surface area contributed by atoms with Gasteiger partial charge in [-0.3, -0.25) is 34.1 Å². The molecule has 4 aliphatic heterocycles. The van der Waals surface area contributed by atoms with Crippen molar-refractivity contribution in [3.8, 4) is 47.4 Å². The van der Waals surface area contributed by atoms with Gasteiger partial charge in [-0.05, 0) is 65.5 Å². The molecule has 376 valence electrons. The van der Waals surface area contributed by atoms with Crippen molar-refractivity contribution in [3.63, 3.8) is 0 Å². The number of piperidine rings is 1. The molecule has 0 aliphatic carbocycles. The predicted octanol–water partition coefficient (Wildman–Crippen LogP) is 3.12. The van der Waals surface area contributed by atoms with Crippen LogP contribution in [-0.2, 0) is 67.2 Å². The maximum atomic E-state index is 14.8. The smallest absolute Gasteiger partial charge is 0.256 e. The number of ether oxygens (including phenoxy) is 5. The van der Waals surface area contributed by atoms with E-state index < -0.39 is 29.5 Å². The molecule has 4 heterocycles. The van der Waals surface area contributed by atoms with E-state index in [1.807, 2.05) is 84.9 Å². The highest BCUT2D eigenvalue weighted by molar-refractivity contribution is 6.07. The topological polar surface area (TPSA) is 204 Å². The summed E-state index contributed by atoms with van der Waals surface area (Å²) in [4.78, 5) is 85.6. The van der Waals surface area contributed by atoms with Crippen LogP contribution in [0.5, 0.6) is 0 Å². The van der Waals surface area contributed by atoms with Crippen molar-refractivity contribution in [2.24, 2.45) is 4.99 Å². The number of nitrogens with one attached hydrogen (secondary N) is 3. The van der Waals surface area contributed by atoms with E-state index in [9.17, 15) is 28.8 Å². The van der Waals surface area contributed by atoms with E-state index in [1.165, 1.54) is 4.90 Å². The van der Waals surface area contributed by atoms with Gasteiger partial charge in [0, 0.05) is 60.4 Å². The molecule has 3 N–H and O–H groups in total. The fourth-order valence-corrected chi connectivity index (χ4v) is 8.79. The quantitative estimate of drug-likeness (QED) is 0.0708. The fraction of sp³-hybridized carbons (Fsp3) is 0.316. The Labute approximate surface area is 428 Å². The summed E-state index contributed by atoms with van der Waals surface area (Å²) in [5.41, 5.74) is 3.54. The first-order valence-corrected chi connectivity index (χ1v) is 24.0. The zero-order valence-corrected chi connectivity index (χ0v) is 40.4. The Bertz CT molecular complexity index is 3040. The second-order valence-electron chi connectivity index (χ2n) is 17.2. The number of amides is 6. The highest BCUT2D eigenvalue weighted by Crippen LogP contribution is 2.46. The van der Waals surface area contributed by atoms with E-state index in [4.69, 9.17) is 28.7 Å². The van der Waals surface area contributed by atoms with E-state index in [0.717, 1.165) is 22.3 Å². The molecule has 3 atom stereocenters. The molecule has 4 aromatic rings. The average Bonchev–Trinajstić information content (AvgIpc) is 3.95. The number of carbonyl (C=O) groups is 6. The van der Waals surface area contributed by atoms with Crippen LogP contribution in [-0.4, -0.2) is 129 Å². The Hall–Kier alpha value is -8.55. The van der Waals surface area contributed by atoms with Gasteiger partial charge in [-0.1, -0.05) is 103 Å². The molecule has 17 nitrogen and oxygen atoms in total. The lowest BCUT2D eigenvalue weighted by Crippen LogP contribution is -2.52. The number of imide groups is 1. The predicted molar refractivity (Wildman–Crippen MR) is 270 cm³/mol. The van der Waals surface area contributed by atoms with E-state index in [2.05, 4.69) is 63.3 Å². The van der Waals surface area contributed by atoms with E-state index in [1.54, 1.807) is 23.1 Å². The average molecular weight is 997 g/mol. The fourth-order valence-electron chi connectivity index (χ4n) is 8.79. The minimum atomic E-state index is -1.33. The Kier molecular flexibility index (Phi) is 18.0. The second kappa shape index (κ2) is 25.7. The third-order valence-electron chi connectivity index (χ3n) is 12.2. The van der Waals surface area contributed by atoms with Crippen molar-refractivity contribution in [1.29, 1.82) is 0 Å². The lowest BCUT2D eigenvalue weighted by Gasteiger charge is -2.32. The summed E-state index contributed by atoms with van der Waals surface area (Å²) in [7, 11) is 0. The van der Waals surface area contributed by atoms with Gasteiger partial charge in [-0.25, -0.2) is 4.99 Å². The standard InChI is InChI=1S/C57H52N6O11/c64-49-27-26-48(53(67)60-49)63-38-46-45(55(63)68)24-17-25-47(46)59-51(66)40-73-32-16-4-3-14-30-70-29-13-1-2-15-31-71-34-35-72-33-28-58-50(65)39-62-37-43-22-11-12-23-44(43)52-57(56(62)69,36-41-18-7-5-8-19-41)61-54(74-52)42-20-9-6-10-21-42/h5-12,17-25,48,52H,26-40H2,(H,58,65)(H,59,66)(H,60,64,67)/t48?,52-,57-/m0/s1. The first kappa shape index (κ1) is 51.8. The van der Waals surface area contributed by atoms with Crippen LogP contribution in [0.4, 0.5) is 5.69 Å². The third-order valence-corrected chi connectivity index (χ3v) is 12.2. The number of nitrogens with zero attached hydrogens (tertiary/aromatic N) is 3. The molecule has 4 aromatic carbocycles. The Morgan fingerprint density at radius 3 is 2.15 bits per heavy atom. The van der Waals surface area contributed by atoms with Crippen LogP contribution in [0.25, 0.3) is 0 Å². The number of aliphatic imine (C=N–C) groups is 1. The maximum absolute atomic E-state index is 14.8. The summed E-state index contributed by atoms with van der Waals surface area (Å²) in [5.74, 6) is 19.8. The van der Waals surface area contributed by atoms with Gasteiger partial charge in [0.1, 0.15) is 39.1 Å². The molecule has 0 bridgehead atoms. The van der Waals surface area contributed by atoms with Crippen molar-refractivity contribution in [2.45, 2.75) is 50.0 Å². The minimum Gasteiger partial charge on any atom is -0.466 e. The van der Waals surface area contributed by atoms with Gasteiger partial charge in [-0.15, -0.1) is 0 Å². The maximum Gasteiger partial charge on any atom is 0.256 e. The number of anilines is 1. The number of benzene rings is 4. The van der Waals surface area contributed by atoms with Crippen molar-refractivity contribution in [3.05, 3.63) is 137 Å². The van der Waals surface area contributed by atoms with Crippen LogP contribution in [0.1, 0.15) is 57.1 Å². The first-order chi connectivity index (χ1) is 36.2. The third kappa shape index (κ3) is 13.3. The van der Waals surface area contributed by atoms with Gasteiger partial charge in [0.15, 0.2) is 11.6 Å². The number of carbonyl (C=O) groups excluding carboxylic acids is 6. The van der Waals surface area contributed by atoms with Crippen molar-refractivity contribution in [1.82, 2.24) is 20.4 Å². The van der Waals surface area contributed by atoms with Crippen LogP contribution in [0.15, 0.2) is 108 Å². The number of hydrogen-bond acceptors (Lipinski definition) is 12. The largest absolute Gasteiger partial charge is 0.466 e. The molecule has 74 heavy (non-hydrogen) atoms. The van der Waals surface area contributed by atoms with Gasteiger partial charge in [0.2, 0.25) is 29.5 Å². The molecular weight excluding hydrogens is 945 g/mol. The van der Waals surface area contributed by atoms with Crippen LogP contribution >= 0.6 is 0 Å². The van der Waals surface area contributed by atoms with Crippen LogP contribution < -0.4 is 16.0 Å². The molecule has 17 heteroatoms. The summed E-state index contributed by atoms with van der Waals surface area (Å²) < 4.78 is 28.4. The minimum absolute atomic E-state index is 0.0398. The van der Waals surface area contributed by atoms with Crippen LogP contribution in [0.3, 0.4) is 0 Å². The normalized spacial score (nSPS) is 18.1. The summed E-state index contributed by atoms with van der Waals surface area (Å²) in [6, 6.07) is 31.2. The molecule has 0 spiro atoms. The number of fused-ring (bicyclic) bond motifs is 4. The lowest BCUT2D eigenvalue weighted by atomic mass is 9.81.